The smallest absolute Gasteiger partial charge is 0.270 e. The molecule has 7 nitrogen and oxygen atoms in total. The summed E-state index contributed by atoms with van der Waals surface area (Å²) in [5.41, 5.74) is 0.215. The summed E-state index contributed by atoms with van der Waals surface area (Å²) in [5.74, 6) is 0.270. The van der Waals surface area contributed by atoms with Crippen molar-refractivity contribution in [3.63, 3.8) is 0 Å². The molecule has 0 aliphatic heterocycles. The van der Waals surface area contributed by atoms with Crippen molar-refractivity contribution in [2.45, 2.75) is 13.0 Å². The first kappa shape index (κ1) is 14.9. The van der Waals surface area contributed by atoms with E-state index in [0.717, 1.165) is 0 Å². The predicted octanol–water partition coefficient (Wildman–Crippen LogP) is 0.944. The summed E-state index contributed by atoms with van der Waals surface area (Å²) in [6.07, 6.45) is 0.203. The lowest BCUT2D eigenvalue weighted by atomic mass is 10.2. The number of rotatable bonds is 6. The van der Waals surface area contributed by atoms with E-state index in [1.165, 1.54) is 23.1 Å². The zero-order valence-electron chi connectivity index (χ0n) is 10.8. The number of benzene rings is 1. The first-order valence-electron chi connectivity index (χ1n) is 5.67. The normalized spacial score (nSPS) is 10.1. The summed E-state index contributed by atoms with van der Waals surface area (Å²) in [7, 11) is 3.29. The van der Waals surface area contributed by atoms with E-state index in [1.54, 1.807) is 14.1 Å². The van der Waals surface area contributed by atoms with Gasteiger partial charge in [0, 0.05) is 31.8 Å². The van der Waals surface area contributed by atoms with Gasteiger partial charge >= 0.3 is 0 Å². The van der Waals surface area contributed by atoms with E-state index >= 15 is 0 Å². The number of non-ortho nitro benzene ring substituents is 1. The number of hydrogen-bond donors (Lipinski definition) is 1. The van der Waals surface area contributed by atoms with Crippen LogP contribution in [0.25, 0.3) is 0 Å². The molecular formula is C12H16N2O5. The molecule has 1 N–H and O–H groups in total. The van der Waals surface area contributed by atoms with E-state index in [0.29, 0.717) is 11.3 Å². The van der Waals surface area contributed by atoms with Gasteiger partial charge in [-0.2, -0.15) is 0 Å². The van der Waals surface area contributed by atoms with Crippen LogP contribution < -0.4 is 4.74 Å². The second kappa shape index (κ2) is 6.69. The summed E-state index contributed by atoms with van der Waals surface area (Å²) in [6, 6.07) is 3.97. The van der Waals surface area contributed by atoms with E-state index in [1.807, 2.05) is 0 Å². The minimum atomic E-state index is -0.543. The van der Waals surface area contributed by atoms with Gasteiger partial charge in [-0.15, -0.1) is 0 Å². The Morgan fingerprint density at radius 2 is 2.16 bits per heavy atom. The fraction of sp³-hybridized carbons (Fsp3) is 0.417. The van der Waals surface area contributed by atoms with Crippen LogP contribution in [-0.4, -0.2) is 41.5 Å². The number of nitro benzene ring substituents is 1. The lowest BCUT2D eigenvalue weighted by Crippen LogP contribution is -2.23. The van der Waals surface area contributed by atoms with Crippen molar-refractivity contribution < 1.29 is 19.6 Å². The van der Waals surface area contributed by atoms with Gasteiger partial charge in [0.2, 0.25) is 5.91 Å². The Morgan fingerprint density at radius 1 is 1.47 bits per heavy atom. The Morgan fingerprint density at radius 3 is 2.68 bits per heavy atom. The standard InChI is InChI=1S/C12H16N2O5/c1-13(2)12(16)5-6-19-11-4-3-10(14(17)18)7-9(11)8-15/h3-4,7,15H,5-6,8H2,1-2H3. The zero-order valence-corrected chi connectivity index (χ0v) is 10.8. The largest absolute Gasteiger partial charge is 0.493 e. The summed E-state index contributed by atoms with van der Waals surface area (Å²) >= 11 is 0. The molecule has 1 aromatic rings. The lowest BCUT2D eigenvalue weighted by molar-refractivity contribution is -0.385. The second-order valence-electron chi connectivity index (χ2n) is 4.09. The van der Waals surface area contributed by atoms with Crippen LogP contribution >= 0.6 is 0 Å². The summed E-state index contributed by atoms with van der Waals surface area (Å²) in [4.78, 5) is 22.8. The number of ether oxygens (including phenoxy) is 1. The molecule has 1 aromatic carbocycles. The molecule has 104 valence electrons. The maximum Gasteiger partial charge on any atom is 0.270 e. The minimum absolute atomic E-state index is 0.0764. The monoisotopic (exact) mass is 268 g/mol. The van der Waals surface area contributed by atoms with E-state index < -0.39 is 4.92 Å². The van der Waals surface area contributed by atoms with E-state index in [2.05, 4.69) is 0 Å². The van der Waals surface area contributed by atoms with Gasteiger partial charge in [-0.1, -0.05) is 0 Å². The number of aliphatic hydroxyl groups excluding tert-OH is 1. The van der Waals surface area contributed by atoms with Crippen molar-refractivity contribution in [2.75, 3.05) is 20.7 Å². The van der Waals surface area contributed by atoms with Crippen molar-refractivity contribution in [3.8, 4) is 5.75 Å². The highest BCUT2D eigenvalue weighted by atomic mass is 16.6. The molecule has 19 heavy (non-hydrogen) atoms. The molecule has 0 aliphatic carbocycles. The van der Waals surface area contributed by atoms with Gasteiger partial charge in [-0.3, -0.25) is 14.9 Å². The maximum absolute atomic E-state index is 11.3. The molecular weight excluding hydrogens is 252 g/mol. The second-order valence-corrected chi connectivity index (χ2v) is 4.09. The van der Waals surface area contributed by atoms with E-state index in [4.69, 9.17) is 9.84 Å². The average molecular weight is 268 g/mol. The topological polar surface area (TPSA) is 92.9 Å². The van der Waals surface area contributed by atoms with Crippen molar-refractivity contribution in [3.05, 3.63) is 33.9 Å². The molecule has 0 aromatic heterocycles. The van der Waals surface area contributed by atoms with Gasteiger partial charge in [-0.25, -0.2) is 0 Å². The van der Waals surface area contributed by atoms with Gasteiger partial charge in [0.1, 0.15) is 5.75 Å². The highest BCUT2D eigenvalue weighted by Crippen LogP contribution is 2.24. The highest BCUT2D eigenvalue weighted by Gasteiger charge is 2.12. The molecule has 0 radical (unpaired) electrons. The van der Waals surface area contributed by atoms with Crippen LogP contribution in [0.3, 0.4) is 0 Å². The number of amides is 1. The molecule has 0 aliphatic rings. The van der Waals surface area contributed by atoms with Gasteiger partial charge in [0.25, 0.3) is 5.69 Å². The number of carbonyl (C=O) groups excluding carboxylic acids is 1. The summed E-state index contributed by atoms with van der Waals surface area (Å²) in [5, 5.41) is 19.7. The maximum atomic E-state index is 11.3. The number of aliphatic hydroxyl groups is 1. The lowest BCUT2D eigenvalue weighted by Gasteiger charge is -2.12. The SMILES string of the molecule is CN(C)C(=O)CCOc1ccc([N+](=O)[O-])cc1CO. The van der Waals surface area contributed by atoms with Gasteiger partial charge in [0.15, 0.2) is 0 Å². The van der Waals surface area contributed by atoms with Crippen LogP contribution in [0.1, 0.15) is 12.0 Å². The number of hydrogen-bond acceptors (Lipinski definition) is 5. The first-order chi connectivity index (χ1) is 8.95. The quantitative estimate of drug-likeness (QED) is 0.612. The number of nitro groups is 1. The molecule has 0 saturated carbocycles. The van der Waals surface area contributed by atoms with Gasteiger partial charge < -0.3 is 14.7 Å². The fourth-order valence-corrected chi connectivity index (χ4v) is 1.42. The van der Waals surface area contributed by atoms with Crippen LogP contribution in [0.4, 0.5) is 5.69 Å². The Labute approximate surface area is 110 Å². The third kappa shape index (κ3) is 4.22. The molecule has 1 rings (SSSR count). The molecule has 0 fully saturated rings. The summed E-state index contributed by atoms with van der Waals surface area (Å²) in [6.45, 7) is -0.208. The minimum Gasteiger partial charge on any atom is -0.493 e. The highest BCUT2D eigenvalue weighted by molar-refractivity contribution is 5.75. The van der Waals surface area contributed by atoms with Gasteiger partial charge in [0.05, 0.1) is 24.6 Å². The third-order valence-corrected chi connectivity index (χ3v) is 2.50. The van der Waals surface area contributed by atoms with Crippen molar-refractivity contribution in [1.82, 2.24) is 4.90 Å². The van der Waals surface area contributed by atoms with Crippen LogP contribution in [0, 0.1) is 10.1 Å². The predicted molar refractivity (Wildman–Crippen MR) is 67.8 cm³/mol. The fourth-order valence-electron chi connectivity index (χ4n) is 1.42. The Kier molecular flexibility index (Phi) is 5.25. The van der Waals surface area contributed by atoms with E-state index in [-0.39, 0.29) is 31.2 Å². The van der Waals surface area contributed by atoms with E-state index in [9.17, 15) is 14.9 Å². The van der Waals surface area contributed by atoms with Crippen LogP contribution in [0.15, 0.2) is 18.2 Å². The molecule has 7 heteroatoms. The third-order valence-electron chi connectivity index (χ3n) is 2.50. The average Bonchev–Trinajstić information content (AvgIpc) is 2.38. The molecule has 0 unspecified atom stereocenters. The molecule has 0 heterocycles. The molecule has 0 spiro atoms. The van der Waals surface area contributed by atoms with Crippen molar-refractivity contribution in [1.29, 1.82) is 0 Å². The Balaban J connectivity index is 2.68. The molecule has 1 amide bonds. The molecule has 0 atom stereocenters. The molecule has 0 bridgehead atoms. The number of carbonyl (C=O) groups is 1. The van der Waals surface area contributed by atoms with Crippen molar-refractivity contribution >= 4 is 11.6 Å². The zero-order chi connectivity index (χ0) is 14.4. The Bertz CT molecular complexity index is 473. The number of nitrogens with zero attached hydrogens (tertiary/aromatic N) is 2. The Hall–Kier alpha value is -2.15. The molecule has 0 saturated heterocycles. The van der Waals surface area contributed by atoms with Crippen LogP contribution in [0.5, 0.6) is 5.75 Å². The van der Waals surface area contributed by atoms with Gasteiger partial charge in [-0.05, 0) is 6.07 Å². The first-order valence-corrected chi connectivity index (χ1v) is 5.67. The van der Waals surface area contributed by atoms with Crippen LogP contribution in [0.2, 0.25) is 0 Å². The summed E-state index contributed by atoms with van der Waals surface area (Å²) < 4.78 is 5.35. The van der Waals surface area contributed by atoms with Crippen LogP contribution in [-0.2, 0) is 11.4 Å². The van der Waals surface area contributed by atoms with Crippen molar-refractivity contribution in [2.24, 2.45) is 0 Å².